The van der Waals surface area contributed by atoms with Crippen LogP contribution in [0.3, 0.4) is 0 Å². The van der Waals surface area contributed by atoms with E-state index in [1.165, 1.54) is 0 Å². The molecule has 2 unspecified atom stereocenters. The molecule has 23 heavy (non-hydrogen) atoms. The fourth-order valence-corrected chi connectivity index (χ4v) is 2.63. The molecule has 0 radical (unpaired) electrons. The maximum atomic E-state index is 10.4. The van der Waals surface area contributed by atoms with Crippen LogP contribution in [0.25, 0.3) is 0 Å². The zero-order chi connectivity index (χ0) is 16.3. The summed E-state index contributed by atoms with van der Waals surface area (Å²) in [5.41, 5.74) is 5.72. The topological polar surface area (TPSA) is 98.3 Å². The van der Waals surface area contributed by atoms with Gasteiger partial charge in [0.25, 0.3) is 0 Å². The number of nitrogens with two attached hydrogens (primary N) is 1. The van der Waals surface area contributed by atoms with Crippen LogP contribution in [0.15, 0.2) is 23.2 Å². The Bertz CT molecular complexity index is 593. The van der Waals surface area contributed by atoms with Gasteiger partial charge in [0.1, 0.15) is 5.60 Å². The van der Waals surface area contributed by atoms with Crippen LogP contribution >= 0.6 is 0 Å². The lowest BCUT2D eigenvalue weighted by Crippen LogP contribution is -2.40. The number of hydrogen-bond donors (Lipinski definition) is 3. The maximum absolute atomic E-state index is 10.4. The molecule has 3 rings (SSSR count). The Hall–Kier alpha value is -1.99. The second kappa shape index (κ2) is 6.64. The standard InChI is InChI=1S/C16H23N3O4/c1-11-16(20,5-8-21-11)10-18-15(17)19-12-3-4-13-14(9-12)23-7-2-6-22-13/h3-4,9,11,20H,2,5-8,10H2,1H3,(H3,17,18,19). The van der Waals surface area contributed by atoms with Crippen molar-refractivity contribution in [3.63, 3.8) is 0 Å². The molecule has 0 saturated carbocycles. The molecule has 0 aromatic heterocycles. The Kier molecular flexibility index (Phi) is 4.58. The lowest BCUT2D eigenvalue weighted by molar-refractivity contribution is -0.0201. The number of rotatable bonds is 3. The summed E-state index contributed by atoms with van der Waals surface area (Å²) in [6.45, 7) is 3.88. The fourth-order valence-electron chi connectivity index (χ4n) is 2.63. The van der Waals surface area contributed by atoms with Crippen molar-refractivity contribution in [3.8, 4) is 11.5 Å². The fraction of sp³-hybridized carbons (Fsp3) is 0.562. The number of benzene rings is 1. The summed E-state index contributed by atoms with van der Waals surface area (Å²) in [7, 11) is 0. The average molecular weight is 321 g/mol. The van der Waals surface area contributed by atoms with E-state index in [4.69, 9.17) is 19.9 Å². The predicted molar refractivity (Wildman–Crippen MR) is 87.1 cm³/mol. The number of nitrogens with zero attached hydrogens (tertiary/aromatic N) is 1. The summed E-state index contributed by atoms with van der Waals surface area (Å²) >= 11 is 0. The molecule has 1 fully saturated rings. The average Bonchev–Trinajstić information content (AvgIpc) is 2.74. The molecule has 2 heterocycles. The second-order valence-corrected chi connectivity index (χ2v) is 5.91. The van der Waals surface area contributed by atoms with Crippen LogP contribution in [-0.2, 0) is 4.74 Å². The normalized spacial score (nSPS) is 27.6. The van der Waals surface area contributed by atoms with E-state index in [0.717, 1.165) is 17.9 Å². The van der Waals surface area contributed by atoms with Gasteiger partial charge in [-0.1, -0.05) is 0 Å². The molecule has 0 aliphatic carbocycles. The number of anilines is 1. The molecule has 0 amide bonds. The van der Waals surface area contributed by atoms with Crippen LogP contribution in [0.4, 0.5) is 5.69 Å². The number of aliphatic hydroxyl groups is 1. The quantitative estimate of drug-likeness (QED) is 0.570. The molecule has 2 atom stereocenters. The van der Waals surface area contributed by atoms with Gasteiger partial charge in [-0.3, -0.25) is 4.99 Å². The molecule has 1 aromatic rings. The number of ether oxygens (including phenoxy) is 3. The summed E-state index contributed by atoms with van der Waals surface area (Å²) in [6, 6.07) is 5.53. The van der Waals surface area contributed by atoms with Gasteiger partial charge < -0.3 is 30.4 Å². The first-order valence-electron chi connectivity index (χ1n) is 7.87. The molecular formula is C16H23N3O4. The van der Waals surface area contributed by atoms with Crippen molar-refractivity contribution < 1.29 is 19.3 Å². The third-order valence-electron chi connectivity index (χ3n) is 4.20. The third-order valence-corrected chi connectivity index (χ3v) is 4.20. The minimum Gasteiger partial charge on any atom is -0.490 e. The van der Waals surface area contributed by atoms with Crippen molar-refractivity contribution in [1.82, 2.24) is 0 Å². The smallest absolute Gasteiger partial charge is 0.193 e. The first-order chi connectivity index (χ1) is 11.1. The lowest BCUT2D eigenvalue weighted by Gasteiger charge is -2.23. The number of nitrogens with one attached hydrogen (secondary N) is 1. The van der Waals surface area contributed by atoms with Crippen LogP contribution < -0.4 is 20.5 Å². The maximum Gasteiger partial charge on any atom is 0.193 e. The molecule has 2 aliphatic heterocycles. The first-order valence-corrected chi connectivity index (χ1v) is 7.87. The van der Waals surface area contributed by atoms with E-state index < -0.39 is 5.60 Å². The van der Waals surface area contributed by atoms with Crippen LogP contribution in [0.2, 0.25) is 0 Å². The highest BCUT2D eigenvalue weighted by Crippen LogP contribution is 2.32. The molecule has 0 spiro atoms. The van der Waals surface area contributed by atoms with Gasteiger partial charge in [-0.2, -0.15) is 0 Å². The largest absolute Gasteiger partial charge is 0.490 e. The van der Waals surface area contributed by atoms with E-state index in [-0.39, 0.29) is 18.6 Å². The van der Waals surface area contributed by atoms with Gasteiger partial charge in [-0.15, -0.1) is 0 Å². The van der Waals surface area contributed by atoms with Gasteiger partial charge in [0.15, 0.2) is 17.5 Å². The van der Waals surface area contributed by atoms with E-state index in [1.54, 1.807) is 0 Å². The Balaban J connectivity index is 1.64. The predicted octanol–water partition coefficient (Wildman–Crippen LogP) is 1.11. The van der Waals surface area contributed by atoms with Gasteiger partial charge in [0, 0.05) is 31.2 Å². The Morgan fingerprint density at radius 3 is 2.87 bits per heavy atom. The van der Waals surface area contributed by atoms with Crippen LogP contribution in [0.5, 0.6) is 11.5 Å². The van der Waals surface area contributed by atoms with Gasteiger partial charge in [0.2, 0.25) is 0 Å². The van der Waals surface area contributed by atoms with Gasteiger partial charge in [-0.25, -0.2) is 0 Å². The molecule has 7 nitrogen and oxygen atoms in total. The Labute approximate surface area is 135 Å². The monoisotopic (exact) mass is 321 g/mol. The highest BCUT2D eigenvalue weighted by molar-refractivity contribution is 5.92. The highest BCUT2D eigenvalue weighted by Gasteiger charge is 2.39. The Morgan fingerprint density at radius 2 is 2.13 bits per heavy atom. The molecular weight excluding hydrogens is 298 g/mol. The number of aliphatic imine (C=N–C) groups is 1. The van der Waals surface area contributed by atoms with Gasteiger partial charge >= 0.3 is 0 Å². The van der Waals surface area contributed by atoms with Crippen molar-refractivity contribution in [1.29, 1.82) is 0 Å². The van der Waals surface area contributed by atoms with Crippen molar-refractivity contribution >= 4 is 11.6 Å². The van der Waals surface area contributed by atoms with Crippen molar-refractivity contribution in [2.45, 2.75) is 31.5 Å². The van der Waals surface area contributed by atoms with Crippen LogP contribution in [0.1, 0.15) is 19.8 Å². The summed E-state index contributed by atoms with van der Waals surface area (Å²) in [5.74, 6) is 1.67. The zero-order valence-corrected chi connectivity index (χ0v) is 13.2. The van der Waals surface area contributed by atoms with E-state index >= 15 is 0 Å². The number of hydrogen-bond acceptors (Lipinski definition) is 5. The minimum absolute atomic E-state index is 0.206. The van der Waals surface area contributed by atoms with Crippen molar-refractivity contribution in [2.75, 3.05) is 31.7 Å². The molecule has 7 heteroatoms. The van der Waals surface area contributed by atoms with Crippen LogP contribution in [0, 0.1) is 0 Å². The minimum atomic E-state index is -0.947. The number of guanidine groups is 1. The van der Waals surface area contributed by atoms with Gasteiger partial charge in [0.05, 0.1) is 25.9 Å². The molecule has 0 bridgehead atoms. The summed E-state index contributed by atoms with van der Waals surface area (Å²) in [5, 5.41) is 13.4. The first kappa shape index (κ1) is 15.9. The third kappa shape index (κ3) is 3.68. The molecule has 1 saturated heterocycles. The summed E-state index contributed by atoms with van der Waals surface area (Å²) < 4.78 is 16.6. The van der Waals surface area contributed by atoms with Crippen molar-refractivity contribution in [2.24, 2.45) is 10.7 Å². The lowest BCUT2D eigenvalue weighted by atomic mass is 9.97. The Morgan fingerprint density at radius 1 is 1.35 bits per heavy atom. The van der Waals surface area contributed by atoms with E-state index in [2.05, 4.69) is 10.3 Å². The van der Waals surface area contributed by atoms with Gasteiger partial charge in [-0.05, 0) is 19.1 Å². The molecule has 4 N–H and O–H groups in total. The number of fused-ring (bicyclic) bond motifs is 1. The zero-order valence-electron chi connectivity index (χ0n) is 13.2. The van der Waals surface area contributed by atoms with Crippen LogP contribution in [-0.4, -0.2) is 49.1 Å². The highest BCUT2D eigenvalue weighted by atomic mass is 16.5. The SMILES string of the molecule is CC1OCCC1(O)CN=C(N)Nc1ccc2c(c1)OCCCO2. The van der Waals surface area contributed by atoms with E-state index in [9.17, 15) is 5.11 Å². The second-order valence-electron chi connectivity index (χ2n) is 5.91. The van der Waals surface area contributed by atoms with E-state index in [1.807, 2.05) is 25.1 Å². The molecule has 2 aliphatic rings. The summed E-state index contributed by atoms with van der Waals surface area (Å²) in [4.78, 5) is 4.24. The van der Waals surface area contributed by atoms with Crippen molar-refractivity contribution in [3.05, 3.63) is 18.2 Å². The summed E-state index contributed by atoms with van der Waals surface area (Å²) in [6.07, 6.45) is 1.19. The molecule has 126 valence electrons. The molecule has 1 aromatic carbocycles. The van der Waals surface area contributed by atoms with E-state index in [0.29, 0.717) is 32.0 Å².